The molecule has 0 fully saturated rings. The zero-order chi connectivity index (χ0) is 17.4. The van der Waals surface area contributed by atoms with Crippen molar-refractivity contribution < 1.29 is 4.42 Å². The Morgan fingerprint density at radius 3 is 2.76 bits per heavy atom. The molecule has 0 bridgehead atoms. The first-order valence-corrected chi connectivity index (χ1v) is 8.53. The summed E-state index contributed by atoms with van der Waals surface area (Å²) < 4.78 is 7.56. The van der Waals surface area contributed by atoms with Gasteiger partial charge in [-0.05, 0) is 48.6 Å². The molecule has 1 aromatic carbocycles. The highest BCUT2D eigenvalue weighted by molar-refractivity contribution is 7.71. The third kappa shape index (κ3) is 3.13. The maximum Gasteiger partial charge on any atom is 0.258 e. The van der Waals surface area contributed by atoms with Gasteiger partial charge < -0.3 is 9.73 Å². The SMILES string of the molecule is O=c1[nH]c(=S)n(-c2ccc(Cl)cc2)c2c1CN(Cc1ccco1)CN2. The molecule has 4 rings (SSSR count). The fourth-order valence-corrected chi connectivity index (χ4v) is 3.36. The van der Waals surface area contributed by atoms with Gasteiger partial charge in [-0.15, -0.1) is 0 Å². The summed E-state index contributed by atoms with van der Waals surface area (Å²) in [6.07, 6.45) is 1.64. The Bertz CT molecular complexity index is 1010. The second-order valence-electron chi connectivity index (χ2n) is 5.80. The predicted molar refractivity (Wildman–Crippen MR) is 98.7 cm³/mol. The van der Waals surface area contributed by atoms with E-state index >= 15 is 0 Å². The quantitative estimate of drug-likeness (QED) is 0.686. The number of halogens is 1. The van der Waals surface area contributed by atoms with Crippen molar-refractivity contribution >= 4 is 29.6 Å². The molecule has 0 unspecified atom stereocenters. The minimum atomic E-state index is -0.179. The summed E-state index contributed by atoms with van der Waals surface area (Å²) in [7, 11) is 0. The van der Waals surface area contributed by atoms with Crippen LogP contribution in [0.1, 0.15) is 11.3 Å². The second-order valence-corrected chi connectivity index (χ2v) is 6.62. The molecule has 3 heterocycles. The van der Waals surface area contributed by atoms with Gasteiger partial charge in [0.05, 0.1) is 25.0 Å². The molecule has 3 aromatic rings. The van der Waals surface area contributed by atoms with Gasteiger partial charge in [-0.3, -0.25) is 19.2 Å². The van der Waals surface area contributed by atoms with Crippen LogP contribution >= 0.6 is 23.8 Å². The Hall–Kier alpha value is -2.35. The van der Waals surface area contributed by atoms with Crippen molar-refractivity contribution in [1.82, 2.24) is 14.5 Å². The Morgan fingerprint density at radius 2 is 2.04 bits per heavy atom. The summed E-state index contributed by atoms with van der Waals surface area (Å²) >= 11 is 11.3. The monoisotopic (exact) mass is 374 g/mol. The molecular formula is C17H15ClN4O2S. The maximum absolute atomic E-state index is 12.4. The van der Waals surface area contributed by atoms with Gasteiger partial charge >= 0.3 is 0 Å². The highest BCUT2D eigenvalue weighted by atomic mass is 35.5. The van der Waals surface area contributed by atoms with E-state index < -0.39 is 0 Å². The molecule has 0 amide bonds. The van der Waals surface area contributed by atoms with Crippen LogP contribution in [0.5, 0.6) is 0 Å². The van der Waals surface area contributed by atoms with Crippen LogP contribution in [0, 0.1) is 4.77 Å². The summed E-state index contributed by atoms with van der Waals surface area (Å²) in [5, 5.41) is 3.96. The van der Waals surface area contributed by atoms with Crippen molar-refractivity contribution in [2.45, 2.75) is 13.1 Å². The second kappa shape index (κ2) is 6.51. The maximum atomic E-state index is 12.4. The lowest BCUT2D eigenvalue weighted by Crippen LogP contribution is -2.38. The Morgan fingerprint density at radius 1 is 1.24 bits per heavy atom. The van der Waals surface area contributed by atoms with Gasteiger partial charge in [-0.2, -0.15) is 0 Å². The van der Waals surface area contributed by atoms with Crippen LogP contribution in [-0.4, -0.2) is 21.1 Å². The lowest BCUT2D eigenvalue weighted by atomic mass is 10.2. The number of anilines is 1. The van der Waals surface area contributed by atoms with E-state index in [9.17, 15) is 4.79 Å². The highest BCUT2D eigenvalue weighted by Gasteiger charge is 2.23. The first kappa shape index (κ1) is 16.1. The zero-order valence-electron chi connectivity index (χ0n) is 13.2. The first-order chi connectivity index (χ1) is 12.1. The van der Waals surface area contributed by atoms with Crippen LogP contribution in [0.2, 0.25) is 5.02 Å². The van der Waals surface area contributed by atoms with Crippen molar-refractivity contribution in [3.8, 4) is 5.69 Å². The summed E-state index contributed by atoms with van der Waals surface area (Å²) in [6, 6.07) is 11.1. The Kier molecular flexibility index (Phi) is 4.20. The number of furan rings is 1. The van der Waals surface area contributed by atoms with Crippen LogP contribution in [-0.2, 0) is 13.1 Å². The van der Waals surface area contributed by atoms with Crippen molar-refractivity contribution in [2.75, 3.05) is 12.0 Å². The van der Waals surface area contributed by atoms with E-state index in [1.54, 1.807) is 18.4 Å². The van der Waals surface area contributed by atoms with Crippen LogP contribution in [0.25, 0.3) is 5.69 Å². The molecule has 0 saturated carbocycles. The minimum Gasteiger partial charge on any atom is -0.468 e. The van der Waals surface area contributed by atoms with E-state index in [4.69, 9.17) is 28.2 Å². The van der Waals surface area contributed by atoms with Gasteiger partial charge in [0, 0.05) is 17.3 Å². The van der Waals surface area contributed by atoms with E-state index in [2.05, 4.69) is 15.2 Å². The third-order valence-corrected chi connectivity index (χ3v) is 4.64. The fraction of sp³-hybridized carbons (Fsp3) is 0.176. The fourth-order valence-electron chi connectivity index (χ4n) is 2.94. The van der Waals surface area contributed by atoms with Gasteiger partial charge in [0.2, 0.25) is 0 Å². The molecule has 6 nitrogen and oxygen atoms in total. The molecule has 1 aliphatic heterocycles. The number of nitrogens with one attached hydrogen (secondary N) is 2. The van der Waals surface area contributed by atoms with Gasteiger partial charge in [0.1, 0.15) is 11.6 Å². The smallest absolute Gasteiger partial charge is 0.258 e. The Balaban J connectivity index is 1.74. The molecule has 1 aliphatic rings. The number of benzene rings is 1. The van der Waals surface area contributed by atoms with Gasteiger partial charge in [0.25, 0.3) is 5.56 Å². The lowest BCUT2D eigenvalue weighted by Gasteiger charge is -2.30. The van der Waals surface area contributed by atoms with Gasteiger partial charge in [-0.25, -0.2) is 0 Å². The minimum absolute atomic E-state index is 0.179. The molecule has 25 heavy (non-hydrogen) atoms. The number of nitrogens with zero attached hydrogens (tertiary/aromatic N) is 2. The third-order valence-electron chi connectivity index (χ3n) is 4.10. The molecule has 0 radical (unpaired) electrons. The van der Waals surface area contributed by atoms with E-state index in [0.717, 1.165) is 11.4 Å². The van der Waals surface area contributed by atoms with Crippen molar-refractivity contribution in [2.24, 2.45) is 0 Å². The number of aromatic amines is 1. The van der Waals surface area contributed by atoms with Gasteiger partial charge in [0.15, 0.2) is 4.77 Å². The first-order valence-electron chi connectivity index (χ1n) is 7.74. The molecule has 8 heteroatoms. The van der Waals surface area contributed by atoms with E-state index in [1.165, 1.54) is 0 Å². The number of fused-ring (bicyclic) bond motifs is 1. The molecule has 0 atom stereocenters. The molecule has 0 spiro atoms. The van der Waals surface area contributed by atoms with Gasteiger partial charge in [-0.1, -0.05) is 11.6 Å². The normalized spacial score (nSPS) is 14.1. The number of hydrogen-bond acceptors (Lipinski definition) is 5. The molecule has 2 aromatic heterocycles. The van der Waals surface area contributed by atoms with Crippen molar-refractivity contribution in [3.05, 3.63) is 74.1 Å². The number of rotatable bonds is 3. The zero-order valence-corrected chi connectivity index (χ0v) is 14.7. The predicted octanol–water partition coefficient (Wildman–Crippen LogP) is 3.53. The summed E-state index contributed by atoms with van der Waals surface area (Å²) in [4.78, 5) is 17.3. The standard InChI is InChI=1S/C17H15ClN4O2S/c18-11-3-5-12(6-4-11)22-15-14(16(23)20-17(22)25)9-21(10-19-15)8-13-2-1-7-24-13/h1-7,19H,8-10H2,(H,20,23,25). The average Bonchev–Trinajstić information content (AvgIpc) is 3.10. The Labute approximate surface area is 153 Å². The van der Waals surface area contributed by atoms with Crippen LogP contribution in [0.15, 0.2) is 51.9 Å². The van der Waals surface area contributed by atoms with Crippen molar-refractivity contribution in [3.63, 3.8) is 0 Å². The molecular weight excluding hydrogens is 360 g/mol. The van der Waals surface area contributed by atoms with E-state index in [0.29, 0.717) is 40.9 Å². The highest BCUT2D eigenvalue weighted by Crippen LogP contribution is 2.24. The average molecular weight is 375 g/mol. The van der Waals surface area contributed by atoms with Crippen LogP contribution in [0.4, 0.5) is 5.82 Å². The summed E-state index contributed by atoms with van der Waals surface area (Å²) in [5.41, 5.74) is 1.30. The number of aromatic nitrogens is 2. The molecule has 2 N–H and O–H groups in total. The molecule has 0 aliphatic carbocycles. The number of hydrogen-bond donors (Lipinski definition) is 2. The largest absolute Gasteiger partial charge is 0.468 e. The van der Waals surface area contributed by atoms with E-state index in [-0.39, 0.29) is 5.56 Å². The van der Waals surface area contributed by atoms with E-state index in [1.807, 2.05) is 28.8 Å². The van der Waals surface area contributed by atoms with Crippen LogP contribution < -0.4 is 10.9 Å². The lowest BCUT2D eigenvalue weighted by molar-refractivity contribution is 0.241. The summed E-state index contributed by atoms with van der Waals surface area (Å²) in [6.45, 7) is 1.70. The topological polar surface area (TPSA) is 66.2 Å². The molecule has 0 saturated heterocycles. The summed E-state index contributed by atoms with van der Waals surface area (Å²) in [5.74, 6) is 1.57. The van der Waals surface area contributed by atoms with Crippen LogP contribution in [0.3, 0.4) is 0 Å². The molecule has 128 valence electrons. The van der Waals surface area contributed by atoms with Crippen molar-refractivity contribution in [1.29, 1.82) is 0 Å². The number of H-pyrrole nitrogens is 1.